The van der Waals surface area contributed by atoms with E-state index in [9.17, 15) is 9.36 Å². The summed E-state index contributed by atoms with van der Waals surface area (Å²) in [5.41, 5.74) is 0.746. The molecule has 0 saturated carbocycles. The summed E-state index contributed by atoms with van der Waals surface area (Å²) in [6.45, 7) is 11.9. The second-order valence-corrected chi connectivity index (χ2v) is 5.62. The maximum absolute atomic E-state index is 11.8. The molecule has 0 aliphatic heterocycles. The number of rotatable bonds is 7. The molecule has 0 saturated heterocycles. The predicted molar refractivity (Wildman–Crippen MR) is 59.8 cm³/mol. The molecule has 0 aromatic heterocycles. The van der Waals surface area contributed by atoms with E-state index in [4.69, 9.17) is 9.05 Å². The first kappa shape index (κ1) is 14.3. The van der Waals surface area contributed by atoms with E-state index >= 15 is 0 Å². The molecule has 0 atom stereocenters. The van der Waals surface area contributed by atoms with Gasteiger partial charge in [0.1, 0.15) is 0 Å². The van der Waals surface area contributed by atoms with Crippen LogP contribution in [0.1, 0.15) is 20.8 Å². The average molecular weight is 232 g/mol. The van der Waals surface area contributed by atoms with Crippen molar-refractivity contribution in [2.75, 3.05) is 13.2 Å². The van der Waals surface area contributed by atoms with Crippen molar-refractivity contribution in [2.24, 2.45) is 0 Å². The minimum Gasteiger partial charge on any atom is -0.299 e. The van der Waals surface area contributed by atoms with Gasteiger partial charge in [-0.1, -0.05) is 24.3 Å². The molecule has 0 fully saturated rings. The Morgan fingerprint density at radius 3 is 1.60 bits per heavy atom. The average Bonchev–Trinajstić information content (AvgIpc) is 2.11. The first-order valence-electron chi connectivity index (χ1n) is 4.47. The van der Waals surface area contributed by atoms with Crippen molar-refractivity contribution in [3.8, 4) is 0 Å². The molecule has 5 heteroatoms. The van der Waals surface area contributed by atoms with Crippen LogP contribution in [0.5, 0.6) is 0 Å². The van der Waals surface area contributed by atoms with E-state index in [-0.39, 0.29) is 13.2 Å². The Kier molecular flexibility index (Phi) is 5.73. The maximum atomic E-state index is 11.8. The summed E-state index contributed by atoms with van der Waals surface area (Å²) in [6.07, 6.45) is 0. The van der Waals surface area contributed by atoms with E-state index in [0.717, 1.165) is 0 Å². The Balaban J connectivity index is 4.46. The minimum atomic E-state index is -3.66. The Hall–Kier alpha value is -0.700. The molecule has 0 aromatic carbocycles. The van der Waals surface area contributed by atoms with Gasteiger partial charge in [-0.15, -0.1) is 0 Å². The molecule has 0 aliphatic rings. The predicted octanol–water partition coefficient (Wildman–Crippen LogP) is 2.91. The quantitative estimate of drug-likeness (QED) is 0.500. The van der Waals surface area contributed by atoms with Gasteiger partial charge in [-0.25, -0.2) is 0 Å². The molecule has 0 bridgehead atoms. The van der Waals surface area contributed by atoms with E-state index in [1.165, 1.54) is 6.92 Å². The van der Waals surface area contributed by atoms with Crippen molar-refractivity contribution in [2.45, 2.75) is 20.8 Å². The number of carbonyl (C=O) groups excluding carboxylic acids is 1. The van der Waals surface area contributed by atoms with Crippen LogP contribution in [0, 0.1) is 0 Å². The highest BCUT2D eigenvalue weighted by Crippen LogP contribution is 2.49. The molecule has 0 unspecified atom stereocenters. The van der Waals surface area contributed by atoms with Crippen molar-refractivity contribution >= 4 is 13.1 Å². The van der Waals surface area contributed by atoms with Crippen LogP contribution in [-0.2, 0) is 18.4 Å². The molecule has 0 N–H and O–H groups in total. The maximum Gasteiger partial charge on any atom is 0.397 e. The van der Waals surface area contributed by atoms with Gasteiger partial charge in [0.2, 0.25) is 5.52 Å². The van der Waals surface area contributed by atoms with Crippen LogP contribution in [-0.4, -0.2) is 18.7 Å². The van der Waals surface area contributed by atoms with Gasteiger partial charge in [0.25, 0.3) is 0 Å². The standard InChI is InChI=1S/C10H17O4P/c1-8(2)6-13-15(12,10(5)11)14-7-9(3)4/h1,3,6-7H2,2,4-5H3. The van der Waals surface area contributed by atoms with E-state index in [2.05, 4.69) is 13.2 Å². The molecule has 86 valence electrons. The van der Waals surface area contributed by atoms with Crippen LogP contribution in [0.4, 0.5) is 0 Å². The zero-order valence-electron chi connectivity index (χ0n) is 9.41. The first-order chi connectivity index (χ1) is 6.78. The monoisotopic (exact) mass is 232 g/mol. The van der Waals surface area contributed by atoms with Crippen LogP contribution in [0.2, 0.25) is 0 Å². The van der Waals surface area contributed by atoms with E-state index in [1.807, 2.05) is 0 Å². The minimum absolute atomic E-state index is 0.0487. The molecule has 0 amide bonds. The topological polar surface area (TPSA) is 52.6 Å². The van der Waals surface area contributed by atoms with E-state index < -0.39 is 13.1 Å². The summed E-state index contributed by atoms with van der Waals surface area (Å²) in [4.78, 5) is 11.1. The molecule has 4 nitrogen and oxygen atoms in total. The molecule has 0 heterocycles. The number of hydrogen-bond acceptors (Lipinski definition) is 4. The summed E-state index contributed by atoms with van der Waals surface area (Å²) in [7, 11) is -3.66. The third kappa shape index (κ3) is 5.67. The Bertz CT molecular complexity index is 297. The Labute approximate surface area is 90.5 Å². The Morgan fingerprint density at radius 2 is 1.40 bits per heavy atom. The molecule has 0 spiro atoms. The number of carbonyl (C=O) groups is 1. The fraction of sp³-hybridized carbons (Fsp3) is 0.500. The largest absolute Gasteiger partial charge is 0.397 e. The van der Waals surface area contributed by atoms with Crippen LogP contribution in [0.25, 0.3) is 0 Å². The summed E-state index contributed by atoms with van der Waals surface area (Å²) < 4.78 is 21.7. The molecular formula is C10H17O4P. The van der Waals surface area contributed by atoms with Crippen LogP contribution in [0.3, 0.4) is 0 Å². The third-order valence-corrected chi connectivity index (χ3v) is 3.06. The lowest BCUT2D eigenvalue weighted by atomic mass is 10.4. The molecule has 0 rings (SSSR count). The second-order valence-electron chi connectivity index (χ2n) is 3.48. The highest BCUT2D eigenvalue weighted by atomic mass is 31.2. The van der Waals surface area contributed by atoms with Gasteiger partial charge in [-0.3, -0.25) is 18.4 Å². The van der Waals surface area contributed by atoms with Gasteiger partial charge < -0.3 is 0 Å². The highest BCUT2D eigenvalue weighted by Gasteiger charge is 2.30. The summed E-state index contributed by atoms with van der Waals surface area (Å²) in [6, 6.07) is 0. The van der Waals surface area contributed by atoms with Crippen molar-refractivity contribution in [3.63, 3.8) is 0 Å². The van der Waals surface area contributed by atoms with Gasteiger partial charge in [0, 0.05) is 6.92 Å². The molecule has 0 aliphatic carbocycles. The molecule has 0 aromatic rings. The lowest BCUT2D eigenvalue weighted by molar-refractivity contribution is -0.112. The summed E-state index contributed by atoms with van der Waals surface area (Å²) in [5.74, 6) is 0. The van der Waals surface area contributed by atoms with E-state index in [0.29, 0.717) is 11.1 Å². The summed E-state index contributed by atoms with van der Waals surface area (Å²) >= 11 is 0. The second kappa shape index (κ2) is 6.01. The molecular weight excluding hydrogens is 215 g/mol. The fourth-order valence-corrected chi connectivity index (χ4v) is 1.83. The van der Waals surface area contributed by atoms with E-state index in [1.54, 1.807) is 13.8 Å². The molecule has 15 heavy (non-hydrogen) atoms. The van der Waals surface area contributed by atoms with Crippen LogP contribution >= 0.6 is 7.60 Å². The first-order valence-corrected chi connectivity index (χ1v) is 6.01. The SMILES string of the molecule is C=C(C)COP(=O)(OCC(=C)C)C(C)=O. The van der Waals surface area contributed by atoms with Gasteiger partial charge >= 0.3 is 7.60 Å². The smallest absolute Gasteiger partial charge is 0.299 e. The number of hydrogen-bond donors (Lipinski definition) is 0. The highest BCUT2D eigenvalue weighted by molar-refractivity contribution is 7.71. The van der Waals surface area contributed by atoms with Crippen molar-refractivity contribution in [1.82, 2.24) is 0 Å². The van der Waals surface area contributed by atoms with Crippen LogP contribution in [0.15, 0.2) is 24.3 Å². The van der Waals surface area contributed by atoms with Crippen molar-refractivity contribution < 1.29 is 18.4 Å². The van der Waals surface area contributed by atoms with Gasteiger partial charge in [0.05, 0.1) is 13.2 Å². The normalized spacial score (nSPS) is 11.1. The molecule has 0 radical (unpaired) electrons. The van der Waals surface area contributed by atoms with Gasteiger partial charge in [-0.2, -0.15) is 0 Å². The zero-order valence-corrected chi connectivity index (χ0v) is 10.3. The zero-order chi connectivity index (χ0) is 12.1. The third-order valence-electron chi connectivity index (χ3n) is 1.35. The van der Waals surface area contributed by atoms with Gasteiger partial charge in [-0.05, 0) is 13.8 Å². The Morgan fingerprint density at radius 1 is 1.07 bits per heavy atom. The summed E-state index contributed by atoms with van der Waals surface area (Å²) in [5, 5.41) is 0. The van der Waals surface area contributed by atoms with Crippen molar-refractivity contribution in [1.29, 1.82) is 0 Å². The fourth-order valence-electron chi connectivity index (χ4n) is 0.609. The lowest BCUT2D eigenvalue weighted by Crippen LogP contribution is -2.06. The lowest BCUT2D eigenvalue weighted by Gasteiger charge is -2.15. The van der Waals surface area contributed by atoms with Crippen LogP contribution < -0.4 is 0 Å². The van der Waals surface area contributed by atoms with Crippen molar-refractivity contribution in [3.05, 3.63) is 24.3 Å². The van der Waals surface area contributed by atoms with Gasteiger partial charge in [0.15, 0.2) is 0 Å².